The average Bonchev–Trinajstić information content (AvgIpc) is 2.38. The molecule has 2 heterocycles. The number of nitrogens with two attached hydrogens (primary N) is 1. The van der Waals surface area contributed by atoms with Crippen molar-refractivity contribution in [1.29, 1.82) is 0 Å². The van der Waals surface area contributed by atoms with Crippen molar-refractivity contribution in [2.75, 3.05) is 5.32 Å². The summed E-state index contributed by atoms with van der Waals surface area (Å²) in [7, 11) is 0. The molecular formula is C13H14N4S. The molecule has 3 N–H and O–H groups in total. The maximum atomic E-state index is 5.65. The van der Waals surface area contributed by atoms with Gasteiger partial charge in [0.2, 0.25) is 0 Å². The van der Waals surface area contributed by atoms with Crippen LogP contribution in [-0.2, 0) is 6.54 Å². The second-order valence-corrected chi connectivity index (χ2v) is 4.36. The molecule has 92 valence electrons. The van der Waals surface area contributed by atoms with Gasteiger partial charge in [0.05, 0.1) is 5.56 Å². The summed E-state index contributed by atoms with van der Waals surface area (Å²) in [5.74, 6) is 0.702. The van der Waals surface area contributed by atoms with E-state index in [1.54, 1.807) is 12.4 Å². The lowest BCUT2D eigenvalue weighted by atomic mass is 10.1. The lowest BCUT2D eigenvalue weighted by Crippen LogP contribution is -2.14. The zero-order valence-electron chi connectivity index (χ0n) is 10.1. The van der Waals surface area contributed by atoms with Gasteiger partial charge in [-0.2, -0.15) is 0 Å². The molecule has 0 aliphatic heterocycles. The molecule has 0 aromatic carbocycles. The summed E-state index contributed by atoms with van der Waals surface area (Å²) in [4.78, 5) is 8.69. The van der Waals surface area contributed by atoms with Crippen molar-refractivity contribution in [3.05, 3.63) is 53.5 Å². The lowest BCUT2D eigenvalue weighted by Gasteiger charge is -2.10. The Bertz CT molecular complexity index is 568. The zero-order chi connectivity index (χ0) is 13.0. The Morgan fingerprint density at radius 1 is 1.39 bits per heavy atom. The minimum absolute atomic E-state index is 0.341. The number of pyridine rings is 2. The Balaban J connectivity index is 2.16. The van der Waals surface area contributed by atoms with Gasteiger partial charge in [0, 0.05) is 25.1 Å². The van der Waals surface area contributed by atoms with E-state index in [4.69, 9.17) is 18.0 Å². The predicted octanol–water partition coefficient (Wildman–Crippen LogP) is 2.03. The van der Waals surface area contributed by atoms with Gasteiger partial charge in [-0.3, -0.25) is 4.98 Å². The fourth-order valence-corrected chi connectivity index (χ4v) is 1.77. The highest BCUT2D eigenvalue weighted by Gasteiger charge is 2.06. The summed E-state index contributed by atoms with van der Waals surface area (Å²) in [6.45, 7) is 2.69. The molecule has 0 atom stereocenters. The molecule has 0 saturated carbocycles. The van der Waals surface area contributed by atoms with Crippen LogP contribution in [0, 0.1) is 6.92 Å². The van der Waals surface area contributed by atoms with E-state index in [0.29, 0.717) is 17.4 Å². The molecule has 0 radical (unpaired) electrons. The Morgan fingerprint density at radius 3 is 2.94 bits per heavy atom. The maximum absolute atomic E-state index is 5.65. The number of nitrogens with one attached hydrogen (secondary N) is 1. The predicted molar refractivity (Wildman–Crippen MR) is 76.4 cm³/mol. The number of anilines is 1. The van der Waals surface area contributed by atoms with Crippen molar-refractivity contribution in [1.82, 2.24) is 9.97 Å². The molecule has 0 spiro atoms. The van der Waals surface area contributed by atoms with E-state index in [2.05, 4.69) is 15.3 Å². The van der Waals surface area contributed by atoms with E-state index in [1.165, 1.54) is 5.56 Å². The molecule has 0 aliphatic rings. The number of nitrogens with zero attached hydrogens (tertiary/aromatic N) is 2. The summed E-state index contributed by atoms with van der Waals surface area (Å²) < 4.78 is 0. The van der Waals surface area contributed by atoms with E-state index in [9.17, 15) is 0 Å². The quantitative estimate of drug-likeness (QED) is 0.822. The standard InChI is InChI=1S/C13H14N4S/c1-9-4-6-15-7-10(9)8-17-13-11(12(14)18)3-2-5-16-13/h2-7H,8H2,1H3,(H2,14,18)(H,16,17). The number of hydrogen-bond acceptors (Lipinski definition) is 4. The molecule has 0 unspecified atom stereocenters. The van der Waals surface area contributed by atoms with Crippen molar-refractivity contribution >= 4 is 23.0 Å². The molecule has 0 amide bonds. The summed E-state index contributed by atoms with van der Waals surface area (Å²) in [6, 6.07) is 5.65. The van der Waals surface area contributed by atoms with Gasteiger partial charge in [-0.25, -0.2) is 4.98 Å². The first-order valence-corrected chi connectivity index (χ1v) is 5.97. The highest BCUT2D eigenvalue weighted by molar-refractivity contribution is 7.80. The number of rotatable bonds is 4. The van der Waals surface area contributed by atoms with E-state index < -0.39 is 0 Å². The molecule has 18 heavy (non-hydrogen) atoms. The van der Waals surface area contributed by atoms with Crippen LogP contribution in [-0.4, -0.2) is 15.0 Å². The van der Waals surface area contributed by atoms with Gasteiger partial charge in [-0.1, -0.05) is 12.2 Å². The fourth-order valence-electron chi connectivity index (χ4n) is 1.61. The van der Waals surface area contributed by atoms with Crippen molar-refractivity contribution < 1.29 is 0 Å². The van der Waals surface area contributed by atoms with Crippen LogP contribution in [0.4, 0.5) is 5.82 Å². The van der Waals surface area contributed by atoms with Crippen LogP contribution in [0.3, 0.4) is 0 Å². The summed E-state index contributed by atoms with van der Waals surface area (Å²) in [6.07, 6.45) is 5.33. The van der Waals surface area contributed by atoms with Gasteiger partial charge in [0.15, 0.2) is 0 Å². The zero-order valence-corrected chi connectivity index (χ0v) is 10.9. The molecule has 2 aromatic heterocycles. The minimum atomic E-state index is 0.341. The average molecular weight is 258 g/mol. The van der Waals surface area contributed by atoms with Crippen molar-refractivity contribution in [3.63, 3.8) is 0 Å². The smallest absolute Gasteiger partial charge is 0.136 e. The second kappa shape index (κ2) is 5.55. The van der Waals surface area contributed by atoms with E-state index in [0.717, 1.165) is 11.1 Å². The van der Waals surface area contributed by atoms with E-state index >= 15 is 0 Å². The number of thiocarbonyl (C=S) groups is 1. The molecule has 0 bridgehead atoms. The molecule has 0 saturated heterocycles. The third-order valence-electron chi connectivity index (χ3n) is 2.67. The highest BCUT2D eigenvalue weighted by atomic mass is 32.1. The third-order valence-corrected chi connectivity index (χ3v) is 2.89. The molecule has 2 aromatic rings. The topological polar surface area (TPSA) is 63.8 Å². The van der Waals surface area contributed by atoms with E-state index in [1.807, 2.05) is 31.3 Å². The van der Waals surface area contributed by atoms with Crippen LogP contribution in [0.25, 0.3) is 0 Å². The number of aryl methyl sites for hydroxylation is 1. The highest BCUT2D eigenvalue weighted by Crippen LogP contribution is 2.13. The van der Waals surface area contributed by atoms with Crippen LogP contribution >= 0.6 is 12.2 Å². The van der Waals surface area contributed by atoms with Gasteiger partial charge in [0.25, 0.3) is 0 Å². The molecule has 5 heteroatoms. The van der Waals surface area contributed by atoms with Crippen molar-refractivity contribution in [3.8, 4) is 0 Å². The maximum Gasteiger partial charge on any atom is 0.136 e. The van der Waals surface area contributed by atoms with Gasteiger partial charge >= 0.3 is 0 Å². The Hall–Kier alpha value is -2.01. The summed E-state index contributed by atoms with van der Waals surface area (Å²) in [5.41, 5.74) is 8.72. The van der Waals surface area contributed by atoms with Gasteiger partial charge < -0.3 is 11.1 Å². The summed E-state index contributed by atoms with van der Waals surface area (Å²) in [5, 5.41) is 3.23. The van der Waals surface area contributed by atoms with Crippen LogP contribution < -0.4 is 11.1 Å². The van der Waals surface area contributed by atoms with Crippen LogP contribution in [0.15, 0.2) is 36.8 Å². The SMILES string of the molecule is Cc1ccncc1CNc1ncccc1C(N)=S. The minimum Gasteiger partial charge on any atom is -0.389 e. The van der Waals surface area contributed by atoms with Gasteiger partial charge in [-0.15, -0.1) is 0 Å². The second-order valence-electron chi connectivity index (χ2n) is 3.92. The van der Waals surface area contributed by atoms with Crippen molar-refractivity contribution in [2.24, 2.45) is 5.73 Å². The Kier molecular flexibility index (Phi) is 3.84. The van der Waals surface area contributed by atoms with Crippen LogP contribution in [0.1, 0.15) is 16.7 Å². The van der Waals surface area contributed by atoms with Crippen molar-refractivity contribution in [2.45, 2.75) is 13.5 Å². The number of hydrogen-bond donors (Lipinski definition) is 2. The normalized spacial score (nSPS) is 10.1. The Labute approximate surface area is 111 Å². The summed E-state index contributed by atoms with van der Waals surface area (Å²) >= 11 is 4.99. The molecule has 2 rings (SSSR count). The molecule has 4 nitrogen and oxygen atoms in total. The van der Waals surface area contributed by atoms with Gasteiger partial charge in [-0.05, 0) is 36.2 Å². The largest absolute Gasteiger partial charge is 0.389 e. The monoisotopic (exact) mass is 258 g/mol. The molecule has 0 fully saturated rings. The first-order chi connectivity index (χ1) is 8.68. The molecule has 0 aliphatic carbocycles. The first-order valence-electron chi connectivity index (χ1n) is 5.56. The lowest BCUT2D eigenvalue weighted by molar-refractivity contribution is 1.06. The first kappa shape index (κ1) is 12.4. The van der Waals surface area contributed by atoms with E-state index in [-0.39, 0.29) is 0 Å². The van der Waals surface area contributed by atoms with Crippen LogP contribution in [0.5, 0.6) is 0 Å². The van der Waals surface area contributed by atoms with Crippen LogP contribution in [0.2, 0.25) is 0 Å². The fraction of sp³-hybridized carbons (Fsp3) is 0.154. The third kappa shape index (κ3) is 2.81. The Morgan fingerprint density at radius 2 is 2.22 bits per heavy atom. The number of aromatic nitrogens is 2. The molecular weight excluding hydrogens is 244 g/mol. The van der Waals surface area contributed by atoms with Gasteiger partial charge in [0.1, 0.15) is 10.8 Å².